The van der Waals surface area contributed by atoms with Gasteiger partial charge in [-0.05, 0) is 18.9 Å². The summed E-state index contributed by atoms with van der Waals surface area (Å²) in [5.41, 5.74) is 1.72. The van der Waals surface area contributed by atoms with E-state index >= 15 is 0 Å². The van der Waals surface area contributed by atoms with E-state index in [2.05, 4.69) is 14.9 Å². The van der Waals surface area contributed by atoms with Gasteiger partial charge in [0, 0.05) is 5.69 Å². The Morgan fingerprint density at radius 2 is 2.50 bits per heavy atom. The van der Waals surface area contributed by atoms with E-state index in [4.69, 9.17) is 0 Å². The summed E-state index contributed by atoms with van der Waals surface area (Å²) in [6, 6.07) is 0. The van der Waals surface area contributed by atoms with E-state index in [9.17, 15) is 9.59 Å². The lowest BCUT2D eigenvalue weighted by molar-refractivity contribution is -0.146. The summed E-state index contributed by atoms with van der Waals surface area (Å²) >= 11 is 0. The molecule has 1 heterocycles. The van der Waals surface area contributed by atoms with Crippen molar-refractivity contribution in [2.24, 2.45) is 5.92 Å². The normalized spacial score (nSPS) is 12.1. The number of aryl methyl sites for hydroxylation is 1. The fourth-order valence-electron chi connectivity index (χ4n) is 1.16. The number of hydrogen-bond acceptors (Lipinski definition) is 4. The quantitative estimate of drug-likeness (QED) is 0.425. The number of ether oxygens (including phenoxy) is 1. The van der Waals surface area contributed by atoms with Gasteiger partial charge in [0.15, 0.2) is 0 Å². The van der Waals surface area contributed by atoms with E-state index in [0.29, 0.717) is 12.7 Å². The van der Waals surface area contributed by atoms with Crippen molar-refractivity contribution in [3.05, 3.63) is 17.5 Å². The molecule has 76 valence electrons. The minimum atomic E-state index is -0.740. The Morgan fingerprint density at radius 1 is 1.79 bits per heavy atom. The van der Waals surface area contributed by atoms with Crippen molar-refractivity contribution in [1.29, 1.82) is 0 Å². The number of nitrogens with one attached hydrogen (secondary N) is 1. The highest BCUT2D eigenvalue weighted by Crippen LogP contribution is 2.10. The molecule has 14 heavy (non-hydrogen) atoms. The summed E-state index contributed by atoms with van der Waals surface area (Å²) < 4.78 is 4.49. The summed E-state index contributed by atoms with van der Waals surface area (Å²) in [6.07, 6.45) is 2.53. The first kappa shape index (κ1) is 10.4. The number of aromatic nitrogens is 2. The van der Waals surface area contributed by atoms with Gasteiger partial charge >= 0.3 is 5.97 Å². The molecule has 0 saturated heterocycles. The van der Waals surface area contributed by atoms with Crippen molar-refractivity contribution in [2.45, 2.75) is 13.3 Å². The number of aldehydes is 1. The highest BCUT2D eigenvalue weighted by atomic mass is 16.5. The lowest BCUT2D eigenvalue weighted by Crippen LogP contribution is -2.20. The number of esters is 1. The summed E-state index contributed by atoms with van der Waals surface area (Å²) in [5, 5.41) is 6.54. The Bertz CT molecular complexity index is 333. The maximum Gasteiger partial charge on any atom is 0.316 e. The van der Waals surface area contributed by atoms with Gasteiger partial charge in [0.05, 0.1) is 13.3 Å². The van der Waals surface area contributed by atoms with Crippen LogP contribution in [0.5, 0.6) is 0 Å². The van der Waals surface area contributed by atoms with Gasteiger partial charge in [-0.3, -0.25) is 9.89 Å². The van der Waals surface area contributed by atoms with Crippen LogP contribution < -0.4 is 0 Å². The summed E-state index contributed by atoms with van der Waals surface area (Å²) in [6.45, 7) is 1.83. The molecule has 1 aromatic rings. The predicted molar refractivity (Wildman–Crippen MR) is 48.6 cm³/mol. The molecular weight excluding hydrogens is 184 g/mol. The number of carbonyl (C=O) groups is 2. The van der Waals surface area contributed by atoms with E-state index in [1.54, 1.807) is 6.20 Å². The third kappa shape index (κ3) is 2.18. The molecule has 0 radical (unpaired) electrons. The molecular formula is C9H12N2O3. The van der Waals surface area contributed by atoms with Crippen LogP contribution in [0, 0.1) is 12.8 Å². The second kappa shape index (κ2) is 4.55. The molecule has 1 N–H and O–H groups in total. The average Bonchev–Trinajstić information content (AvgIpc) is 2.59. The number of nitrogens with zero attached hydrogens (tertiary/aromatic N) is 1. The highest BCUT2D eigenvalue weighted by molar-refractivity contribution is 5.87. The van der Waals surface area contributed by atoms with Crippen molar-refractivity contribution in [1.82, 2.24) is 10.2 Å². The van der Waals surface area contributed by atoms with E-state index < -0.39 is 11.9 Å². The molecule has 1 rings (SSSR count). The van der Waals surface area contributed by atoms with Crippen molar-refractivity contribution in [3.8, 4) is 0 Å². The van der Waals surface area contributed by atoms with Crippen LogP contribution in [0.3, 0.4) is 0 Å². The predicted octanol–water partition coefficient (Wildman–Crippen LogP) is 0.249. The summed E-state index contributed by atoms with van der Waals surface area (Å²) in [5.74, 6) is -1.25. The van der Waals surface area contributed by atoms with Gasteiger partial charge in [-0.2, -0.15) is 5.10 Å². The van der Waals surface area contributed by atoms with E-state index in [1.165, 1.54) is 7.11 Å². The van der Waals surface area contributed by atoms with Gasteiger partial charge in [-0.1, -0.05) is 0 Å². The fourth-order valence-corrected chi connectivity index (χ4v) is 1.16. The zero-order valence-electron chi connectivity index (χ0n) is 8.11. The molecule has 5 heteroatoms. The third-order valence-electron chi connectivity index (χ3n) is 2.04. The number of rotatable bonds is 4. The van der Waals surface area contributed by atoms with Crippen molar-refractivity contribution < 1.29 is 14.3 Å². The Morgan fingerprint density at radius 3 is 2.93 bits per heavy atom. The van der Waals surface area contributed by atoms with Crippen molar-refractivity contribution in [3.63, 3.8) is 0 Å². The van der Waals surface area contributed by atoms with Gasteiger partial charge in [-0.15, -0.1) is 0 Å². The Labute approximate surface area is 81.5 Å². The third-order valence-corrected chi connectivity index (χ3v) is 2.04. The molecule has 0 spiro atoms. The molecule has 0 amide bonds. The molecule has 0 aliphatic rings. The minimum Gasteiger partial charge on any atom is -0.468 e. The van der Waals surface area contributed by atoms with Crippen LogP contribution in [-0.4, -0.2) is 29.6 Å². The molecule has 0 aromatic carbocycles. The standard InChI is InChI=1S/C9H12N2O3/c1-6-7(4-10-11-6)3-8(5-12)9(13)14-2/h4-5,8H,3H2,1-2H3,(H,10,11). The lowest BCUT2D eigenvalue weighted by atomic mass is 10.0. The van der Waals surface area contributed by atoms with Gasteiger partial charge < -0.3 is 9.53 Å². The maximum atomic E-state index is 11.1. The first-order valence-corrected chi connectivity index (χ1v) is 4.21. The SMILES string of the molecule is COC(=O)C(C=O)Cc1cn[nH]c1C. The van der Waals surface area contributed by atoms with Crippen molar-refractivity contribution >= 4 is 12.3 Å². The molecule has 0 aliphatic carbocycles. The first-order chi connectivity index (χ1) is 6.69. The van der Waals surface area contributed by atoms with Gasteiger partial charge in [0.25, 0.3) is 0 Å². The largest absolute Gasteiger partial charge is 0.468 e. The number of H-pyrrole nitrogens is 1. The van der Waals surface area contributed by atoms with E-state index in [0.717, 1.165) is 11.3 Å². The first-order valence-electron chi connectivity index (χ1n) is 4.21. The number of methoxy groups -OCH3 is 1. The molecule has 0 saturated carbocycles. The van der Waals surface area contributed by atoms with Crippen LogP contribution in [0.25, 0.3) is 0 Å². The molecule has 0 bridgehead atoms. The average molecular weight is 196 g/mol. The van der Waals surface area contributed by atoms with Crippen LogP contribution in [0.15, 0.2) is 6.20 Å². The van der Waals surface area contributed by atoms with Crippen molar-refractivity contribution in [2.75, 3.05) is 7.11 Å². The molecule has 1 unspecified atom stereocenters. The van der Waals surface area contributed by atoms with Crippen LogP contribution in [-0.2, 0) is 20.7 Å². The monoisotopic (exact) mass is 196 g/mol. The van der Waals surface area contributed by atoms with Crippen LogP contribution in [0.4, 0.5) is 0 Å². The van der Waals surface area contributed by atoms with Gasteiger partial charge in [0.1, 0.15) is 12.2 Å². The lowest BCUT2D eigenvalue weighted by Gasteiger charge is -2.06. The molecule has 0 fully saturated rings. The smallest absolute Gasteiger partial charge is 0.316 e. The second-order valence-corrected chi connectivity index (χ2v) is 2.99. The van der Waals surface area contributed by atoms with Crippen LogP contribution in [0.2, 0.25) is 0 Å². The Balaban J connectivity index is 2.71. The molecule has 0 aliphatic heterocycles. The maximum absolute atomic E-state index is 11.1. The zero-order valence-corrected chi connectivity index (χ0v) is 8.11. The Hall–Kier alpha value is -1.65. The van der Waals surface area contributed by atoms with E-state index in [1.807, 2.05) is 6.92 Å². The van der Waals surface area contributed by atoms with Crippen LogP contribution in [0.1, 0.15) is 11.3 Å². The molecule has 5 nitrogen and oxygen atoms in total. The van der Waals surface area contributed by atoms with Crippen LogP contribution >= 0.6 is 0 Å². The highest BCUT2D eigenvalue weighted by Gasteiger charge is 2.19. The molecule has 1 aromatic heterocycles. The fraction of sp³-hybridized carbons (Fsp3) is 0.444. The topological polar surface area (TPSA) is 72.1 Å². The summed E-state index contributed by atoms with van der Waals surface area (Å²) in [4.78, 5) is 21.7. The van der Waals surface area contributed by atoms with E-state index in [-0.39, 0.29) is 0 Å². The minimum absolute atomic E-state index is 0.332. The number of hydrogen-bond donors (Lipinski definition) is 1. The number of carbonyl (C=O) groups excluding carboxylic acids is 2. The van der Waals surface area contributed by atoms with Gasteiger partial charge in [0.2, 0.25) is 0 Å². The molecule has 1 atom stereocenters. The van der Waals surface area contributed by atoms with Gasteiger partial charge in [-0.25, -0.2) is 0 Å². The number of aromatic amines is 1. The zero-order chi connectivity index (χ0) is 10.6. The second-order valence-electron chi connectivity index (χ2n) is 2.99. The summed E-state index contributed by atoms with van der Waals surface area (Å²) in [7, 11) is 1.26. The Kier molecular flexibility index (Phi) is 3.39.